The van der Waals surface area contributed by atoms with Gasteiger partial charge in [0.15, 0.2) is 0 Å². The Morgan fingerprint density at radius 1 is 1.24 bits per heavy atom. The predicted molar refractivity (Wildman–Crippen MR) is 63.3 cm³/mol. The van der Waals surface area contributed by atoms with E-state index in [1.807, 2.05) is 6.07 Å². The number of rotatable bonds is 1. The maximum atomic E-state index is 7.45. The van der Waals surface area contributed by atoms with Crippen LogP contribution in [0.3, 0.4) is 0 Å². The fraction of sp³-hybridized carbons (Fsp3) is 0.500. The lowest BCUT2D eigenvalue weighted by Gasteiger charge is -2.34. The SMILES string of the molecule is [NH+]#C[C@@H]1CCC[C@H]2OC[C@@H](c3ccccc3)N12. The molecule has 2 aliphatic heterocycles. The average Bonchev–Trinajstić information content (AvgIpc) is 2.83. The first-order valence-corrected chi connectivity index (χ1v) is 6.26. The largest absolute Gasteiger partial charge is 0.361 e. The van der Waals surface area contributed by atoms with Gasteiger partial charge in [-0.2, -0.15) is 0 Å². The van der Waals surface area contributed by atoms with E-state index in [2.05, 4.69) is 35.2 Å². The lowest BCUT2D eigenvalue weighted by Crippen LogP contribution is -2.46. The maximum Gasteiger partial charge on any atom is 0.289 e. The minimum Gasteiger partial charge on any atom is -0.361 e. The van der Waals surface area contributed by atoms with E-state index in [4.69, 9.17) is 10.00 Å². The Hall–Kier alpha value is -1.37. The van der Waals surface area contributed by atoms with Crippen LogP contribution in [0, 0.1) is 6.07 Å². The van der Waals surface area contributed by atoms with Gasteiger partial charge in [-0.25, -0.2) is 4.90 Å². The van der Waals surface area contributed by atoms with Gasteiger partial charge in [0, 0.05) is 0 Å². The van der Waals surface area contributed by atoms with Crippen LogP contribution in [0.4, 0.5) is 0 Å². The Balaban J connectivity index is 1.89. The Morgan fingerprint density at radius 3 is 2.82 bits per heavy atom. The van der Waals surface area contributed by atoms with E-state index in [1.165, 1.54) is 5.56 Å². The summed E-state index contributed by atoms with van der Waals surface area (Å²) in [5, 5.41) is 7.45. The summed E-state index contributed by atoms with van der Waals surface area (Å²) in [6, 6.07) is 13.5. The Labute approximate surface area is 102 Å². The van der Waals surface area contributed by atoms with Crippen molar-refractivity contribution in [1.29, 1.82) is 0 Å². The van der Waals surface area contributed by atoms with Crippen LogP contribution in [-0.2, 0) is 4.74 Å². The molecule has 1 aromatic rings. The van der Waals surface area contributed by atoms with Gasteiger partial charge in [0.25, 0.3) is 6.07 Å². The molecule has 0 spiro atoms. The fourth-order valence-electron chi connectivity index (χ4n) is 2.95. The molecule has 2 aliphatic rings. The smallest absolute Gasteiger partial charge is 0.289 e. The highest BCUT2D eigenvalue weighted by Gasteiger charge is 2.43. The van der Waals surface area contributed by atoms with Crippen molar-refractivity contribution in [2.24, 2.45) is 0 Å². The molecule has 0 saturated carbocycles. The summed E-state index contributed by atoms with van der Waals surface area (Å²) >= 11 is 0. The quantitative estimate of drug-likeness (QED) is 0.770. The minimum absolute atomic E-state index is 0.126. The van der Waals surface area contributed by atoms with Gasteiger partial charge in [0.2, 0.25) is 0 Å². The molecule has 0 bridgehead atoms. The Morgan fingerprint density at radius 2 is 2.06 bits per heavy atom. The standard InChI is InChI=1S/C14H16N2O/c15-9-12-7-4-8-14-16(12)13(10-17-14)11-5-2-1-3-6-11/h1-3,5-6,12-14H,4,7-8,10H2/p+1/t12-,13-,14+/m0/s1. The first-order chi connectivity index (χ1) is 8.40. The highest BCUT2D eigenvalue weighted by Crippen LogP contribution is 2.38. The van der Waals surface area contributed by atoms with E-state index in [0.29, 0.717) is 6.04 Å². The van der Waals surface area contributed by atoms with Gasteiger partial charge in [-0.1, -0.05) is 35.6 Å². The highest BCUT2D eigenvalue weighted by molar-refractivity contribution is 5.21. The number of nitrogens with one attached hydrogen (secondary N) is 1. The van der Waals surface area contributed by atoms with Crippen molar-refractivity contribution in [2.45, 2.75) is 37.6 Å². The maximum absolute atomic E-state index is 7.45. The van der Waals surface area contributed by atoms with E-state index in [-0.39, 0.29) is 12.3 Å². The molecule has 0 aromatic heterocycles. The second-order valence-electron chi connectivity index (χ2n) is 4.75. The zero-order valence-electron chi connectivity index (χ0n) is 9.80. The Bertz CT molecular complexity index is 426. The number of nitrogens with zero attached hydrogens (tertiary/aromatic N) is 1. The molecule has 0 aliphatic carbocycles. The zero-order chi connectivity index (χ0) is 11.7. The first kappa shape index (κ1) is 10.8. The van der Waals surface area contributed by atoms with Crippen LogP contribution in [0.15, 0.2) is 30.3 Å². The third-order valence-corrected chi connectivity index (χ3v) is 3.78. The molecule has 2 saturated heterocycles. The molecule has 2 fully saturated rings. The van der Waals surface area contributed by atoms with Gasteiger partial charge >= 0.3 is 0 Å². The monoisotopic (exact) mass is 229 g/mol. The normalized spacial score (nSPS) is 33.0. The summed E-state index contributed by atoms with van der Waals surface area (Å²) in [7, 11) is 0. The summed E-state index contributed by atoms with van der Waals surface area (Å²) in [5.74, 6) is 0. The molecule has 3 heteroatoms. The molecule has 3 nitrogen and oxygen atoms in total. The summed E-state index contributed by atoms with van der Waals surface area (Å²) in [6.07, 6.45) is 3.45. The number of piperidine rings is 1. The molecule has 2 heterocycles. The molecule has 0 radical (unpaired) electrons. The molecule has 88 valence electrons. The van der Waals surface area contributed by atoms with Crippen molar-refractivity contribution in [2.75, 3.05) is 6.61 Å². The number of hydrogen-bond acceptors (Lipinski definition) is 2. The van der Waals surface area contributed by atoms with Crippen molar-refractivity contribution in [1.82, 2.24) is 4.90 Å². The fourth-order valence-corrected chi connectivity index (χ4v) is 2.95. The van der Waals surface area contributed by atoms with Crippen LogP contribution >= 0.6 is 0 Å². The van der Waals surface area contributed by atoms with E-state index in [0.717, 1.165) is 25.9 Å². The van der Waals surface area contributed by atoms with Gasteiger partial charge in [-0.15, -0.1) is 0 Å². The number of ether oxygens (including phenoxy) is 1. The third-order valence-electron chi connectivity index (χ3n) is 3.78. The molecule has 1 N–H and O–H groups in total. The summed E-state index contributed by atoms with van der Waals surface area (Å²) < 4.78 is 5.86. The topological polar surface area (TPSA) is 36.3 Å². The van der Waals surface area contributed by atoms with Crippen LogP contribution in [0.2, 0.25) is 0 Å². The summed E-state index contributed by atoms with van der Waals surface area (Å²) in [5.41, 5.74) is 1.29. The average molecular weight is 229 g/mol. The number of benzene rings is 1. The lowest BCUT2D eigenvalue weighted by atomic mass is 9.98. The molecular formula is C14H17N2O+. The van der Waals surface area contributed by atoms with Crippen molar-refractivity contribution in [3.05, 3.63) is 35.9 Å². The number of fused-ring (bicyclic) bond motifs is 1. The molecule has 3 atom stereocenters. The molecule has 0 unspecified atom stereocenters. The Kier molecular flexibility index (Phi) is 2.84. The minimum atomic E-state index is 0.126. The van der Waals surface area contributed by atoms with Gasteiger partial charge in [-0.05, 0) is 24.8 Å². The second kappa shape index (κ2) is 4.48. The van der Waals surface area contributed by atoms with Crippen LogP contribution in [-0.4, -0.2) is 23.8 Å². The van der Waals surface area contributed by atoms with Gasteiger partial charge in [0.1, 0.15) is 12.3 Å². The van der Waals surface area contributed by atoms with Crippen molar-refractivity contribution in [3.63, 3.8) is 0 Å². The van der Waals surface area contributed by atoms with Crippen LogP contribution in [0.5, 0.6) is 0 Å². The second-order valence-corrected chi connectivity index (χ2v) is 4.75. The molecule has 0 amide bonds. The first-order valence-electron chi connectivity index (χ1n) is 6.26. The zero-order valence-corrected chi connectivity index (χ0v) is 9.80. The van der Waals surface area contributed by atoms with Crippen LogP contribution in [0.1, 0.15) is 30.9 Å². The van der Waals surface area contributed by atoms with E-state index < -0.39 is 0 Å². The van der Waals surface area contributed by atoms with E-state index >= 15 is 0 Å². The highest BCUT2D eigenvalue weighted by atomic mass is 16.5. The van der Waals surface area contributed by atoms with Gasteiger partial charge in [0.05, 0.1) is 12.6 Å². The van der Waals surface area contributed by atoms with Crippen molar-refractivity contribution >= 4 is 0 Å². The van der Waals surface area contributed by atoms with E-state index in [1.54, 1.807) is 0 Å². The van der Waals surface area contributed by atoms with Crippen LogP contribution in [0.25, 0.3) is 0 Å². The van der Waals surface area contributed by atoms with Gasteiger partial charge < -0.3 is 4.74 Å². The molecule has 1 aromatic carbocycles. The third kappa shape index (κ3) is 1.84. The predicted octanol–water partition coefficient (Wildman–Crippen LogP) is 0.711. The summed E-state index contributed by atoms with van der Waals surface area (Å²) in [4.78, 5) is 2.33. The lowest BCUT2D eigenvalue weighted by molar-refractivity contribution is -0.108. The number of hydrogen-bond donors (Lipinski definition) is 1. The molecular weight excluding hydrogens is 212 g/mol. The molecule has 3 rings (SSSR count). The van der Waals surface area contributed by atoms with Crippen molar-refractivity contribution in [3.8, 4) is 6.07 Å². The summed E-state index contributed by atoms with van der Waals surface area (Å²) in [6.45, 7) is 0.743. The van der Waals surface area contributed by atoms with Crippen LogP contribution < -0.4 is 5.26 Å². The van der Waals surface area contributed by atoms with E-state index in [9.17, 15) is 0 Å². The van der Waals surface area contributed by atoms with Crippen molar-refractivity contribution < 1.29 is 10.00 Å². The molecule has 17 heavy (non-hydrogen) atoms. The van der Waals surface area contributed by atoms with Gasteiger partial charge in [-0.3, -0.25) is 0 Å².